The number of carbonyl (C=O) groups excluding carboxylic acids is 1. The van der Waals surface area contributed by atoms with Crippen LogP contribution in [0.25, 0.3) is 0 Å². The Bertz CT molecular complexity index is 1120. The maximum absolute atomic E-state index is 12.8. The number of amides is 1. The van der Waals surface area contributed by atoms with Gasteiger partial charge in [0.05, 0.1) is 18.4 Å². The minimum absolute atomic E-state index is 0.0407. The highest BCUT2D eigenvalue weighted by atomic mass is 32.2. The normalized spacial score (nSPS) is 11.3. The molecule has 3 aromatic rings. The molecule has 3 rings (SSSR count). The van der Waals surface area contributed by atoms with Crippen molar-refractivity contribution in [2.75, 3.05) is 18.2 Å². The van der Waals surface area contributed by atoms with Gasteiger partial charge in [-0.05, 0) is 49.7 Å². The van der Waals surface area contributed by atoms with E-state index >= 15 is 0 Å². The lowest BCUT2D eigenvalue weighted by atomic mass is 10.2. The van der Waals surface area contributed by atoms with Gasteiger partial charge in [0.15, 0.2) is 22.5 Å². The summed E-state index contributed by atoms with van der Waals surface area (Å²) in [6, 6.07) is 10.1. The number of aromatic nitrogens is 3. The number of carbonyl (C=O) groups is 1. The Balaban J connectivity index is 1.61. The number of nitrogens with one attached hydrogen (secondary N) is 1. The topological polar surface area (TPSA) is 78.3 Å². The summed E-state index contributed by atoms with van der Waals surface area (Å²) in [5.74, 6) is 1.26. The number of anilines is 1. The Morgan fingerprint density at radius 3 is 2.64 bits per heavy atom. The number of rotatable bonds is 9. The van der Waals surface area contributed by atoms with Crippen molar-refractivity contribution in [1.82, 2.24) is 14.8 Å². The molecule has 1 heterocycles. The lowest BCUT2D eigenvalue weighted by Gasteiger charge is -2.12. The van der Waals surface area contributed by atoms with Gasteiger partial charge in [0.1, 0.15) is 6.61 Å². The molecule has 176 valence electrons. The fraction of sp³-hybridized carbons (Fsp3) is 0.318. The van der Waals surface area contributed by atoms with E-state index in [2.05, 4.69) is 15.5 Å². The monoisotopic (exact) mass is 480 g/mol. The summed E-state index contributed by atoms with van der Waals surface area (Å²) in [5, 5.41) is 11.2. The Labute approximate surface area is 193 Å². The van der Waals surface area contributed by atoms with Crippen LogP contribution in [-0.4, -0.2) is 33.5 Å². The van der Waals surface area contributed by atoms with Gasteiger partial charge in [0.25, 0.3) is 0 Å². The minimum Gasteiger partial charge on any atom is -0.493 e. The predicted molar refractivity (Wildman–Crippen MR) is 119 cm³/mol. The number of benzene rings is 2. The number of halogens is 3. The van der Waals surface area contributed by atoms with Crippen LogP contribution < -0.4 is 14.8 Å². The van der Waals surface area contributed by atoms with E-state index in [1.54, 1.807) is 7.11 Å². The highest BCUT2D eigenvalue weighted by Gasteiger charge is 2.30. The number of alkyl halides is 3. The third kappa shape index (κ3) is 6.41. The molecule has 11 heteroatoms. The number of hydrogen-bond acceptors (Lipinski definition) is 6. The Kier molecular flexibility index (Phi) is 7.85. The van der Waals surface area contributed by atoms with Crippen molar-refractivity contribution in [2.24, 2.45) is 0 Å². The number of thioether (sulfide) groups is 1. The number of ether oxygens (including phenoxy) is 2. The van der Waals surface area contributed by atoms with E-state index in [1.807, 2.05) is 36.6 Å². The molecule has 2 aromatic carbocycles. The Morgan fingerprint density at radius 1 is 1.15 bits per heavy atom. The summed E-state index contributed by atoms with van der Waals surface area (Å²) >= 11 is 1.14. The first-order valence-electron chi connectivity index (χ1n) is 10.0. The molecule has 1 amide bonds. The van der Waals surface area contributed by atoms with Gasteiger partial charge >= 0.3 is 6.18 Å². The quantitative estimate of drug-likeness (QED) is 0.437. The van der Waals surface area contributed by atoms with Crippen molar-refractivity contribution < 1.29 is 27.4 Å². The van der Waals surface area contributed by atoms with Crippen LogP contribution in [0.4, 0.5) is 18.9 Å². The minimum atomic E-state index is -4.48. The van der Waals surface area contributed by atoms with Crippen LogP contribution in [0.5, 0.6) is 11.5 Å². The average Bonchev–Trinajstić information content (AvgIpc) is 3.18. The van der Waals surface area contributed by atoms with Crippen LogP contribution in [-0.2, 0) is 24.1 Å². The SMILES string of the molecule is CCn1c(COc2ccc(C)cc2OC)nnc1SCC(=O)Nc1cccc(C(F)(F)F)c1. The second-order valence-electron chi connectivity index (χ2n) is 7.00. The van der Waals surface area contributed by atoms with E-state index in [0.29, 0.717) is 29.0 Å². The highest BCUT2D eigenvalue weighted by Crippen LogP contribution is 2.31. The fourth-order valence-corrected chi connectivity index (χ4v) is 3.81. The second-order valence-corrected chi connectivity index (χ2v) is 7.94. The smallest absolute Gasteiger partial charge is 0.416 e. The molecule has 7 nitrogen and oxygen atoms in total. The van der Waals surface area contributed by atoms with E-state index in [1.165, 1.54) is 12.1 Å². The first-order valence-corrected chi connectivity index (χ1v) is 11.0. The van der Waals surface area contributed by atoms with E-state index < -0.39 is 17.6 Å². The molecule has 0 saturated carbocycles. The zero-order chi connectivity index (χ0) is 24.0. The van der Waals surface area contributed by atoms with E-state index in [9.17, 15) is 18.0 Å². The van der Waals surface area contributed by atoms with Crippen molar-refractivity contribution in [3.8, 4) is 11.5 Å². The van der Waals surface area contributed by atoms with Crippen molar-refractivity contribution in [2.45, 2.75) is 38.3 Å². The van der Waals surface area contributed by atoms with Gasteiger partial charge in [-0.3, -0.25) is 4.79 Å². The molecule has 0 saturated heterocycles. The maximum atomic E-state index is 12.8. The third-order valence-electron chi connectivity index (χ3n) is 4.59. The molecule has 0 atom stereocenters. The highest BCUT2D eigenvalue weighted by molar-refractivity contribution is 7.99. The van der Waals surface area contributed by atoms with E-state index in [0.717, 1.165) is 29.5 Å². The third-order valence-corrected chi connectivity index (χ3v) is 5.56. The molecular formula is C22H23F3N4O3S. The van der Waals surface area contributed by atoms with E-state index in [4.69, 9.17) is 9.47 Å². The molecule has 0 bridgehead atoms. The summed E-state index contributed by atoms with van der Waals surface area (Å²) in [7, 11) is 1.56. The average molecular weight is 481 g/mol. The predicted octanol–water partition coefficient (Wildman–Crippen LogP) is 4.94. The van der Waals surface area contributed by atoms with Gasteiger partial charge in [-0.2, -0.15) is 13.2 Å². The van der Waals surface area contributed by atoms with E-state index in [-0.39, 0.29) is 18.0 Å². The zero-order valence-electron chi connectivity index (χ0n) is 18.3. The first kappa shape index (κ1) is 24.4. The van der Waals surface area contributed by atoms with Crippen molar-refractivity contribution in [1.29, 1.82) is 0 Å². The Hall–Kier alpha value is -3.21. The molecule has 0 radical (unpaired) electrons. The number of nitrogens with zero attached hydrogens (tertiary/aromatic N) is 3. The molecular weight excluding hydrogens is 457 g/mol. The van der Waals surface area contributed by atoms with Gasteiger partial charge in [-0.25, -0.2) is 0 Å². The molecule has 1 N–H and O–H groups in total. The number of methoxy groups -OCH3 is 1. The summed E-state index contributed by atoms with van der Waals surface area (Å²) in [4.78, 5) is 12.3. The molecule has 0 aliphatic heterocycles. The number of hydrogen-bond donors (Lipinski definition) is 1. The maximum Gasteiger partial charge on any atom is 0.416 e. The van der Waals surface area contributed by atoms with Crippen LogP contribution >= 0.6 is 11.8 Å². The molecule has 0 aliphatic carbocycles. The summed E-state index contributed by atoms with van der Waals surface area (Å²) in [5.41, 5.74) is 0.292. The van der Waals surface area contributed by atoms with Gasteiger partial charge in [0.2, 0.25) is 5.91 Å². The van der Waals surface area contributed by atoms with Crippen LogP contribution in [0.2, 0.25) is 0 Å². The standard InChI is InChI=1S/C22H23F3N4O3S/c1-4-29-19(12-32-17-9-8-14(2)10-18(17)31-3)27-28-21(29)33-13-20(30)26-16-7-5-6-15(11-16)22(23,24)25/h5-11H,4,12-13H2,1-3H3,(H,26,30). The largest absolute Gasteiger partial charge is 0.493 e. The zero-order valence-corrected chi connectivity index (χ0v) is 19.1. The van der Waals surface area contributed by atoms with Gasteiger partial charge < -0.3 is 19.4 Å². The summed E-state index contributed by atoms with van der Waals surface area (Å²) in [6.45, 7) is 4.56. The fourth-order valence-electron chi connectivity index (χ4n) is 2.99. The lowest BCUT2D eigenvalue weighted by Crippen LogP contribution is -2.15. The van der Waals surface area contributed by atoms with Crippen molar-refractivity contribution in [3.05, 3.63) is 59.4 Å². The molecule has 1 aromatic heterocycles. The summed E-state index contributed by atoms with van der Waals surface area (Å²) < 4.78 is 51.5. The van der Waals surface area contributed by atoms with Gasteiger partial charge in [-0.15, -0.1) is 10.2 Å². The molecule has 0 spiro atoms. The van der Waals surface area contributed by atoms with Crippen molar-refractivity contribution in [3.63, 3.8) is 0 Å². The first-order chi connectivity index (χ1) is 15.7. The molecule has 33 heavy (non-hydrogen) atoms. The summed E-state index contributed by atoms with van der Waals surface area (Å²) in [6.07, 6.45) is -4.48. The number of aryl methyl sites for hydroxylation is 1. The van der Waals surface area contributed by atoms with Crippen LogP contribution in [0, 0.1) is 6.92 Å². The molecule has 0 unspecified atom stereocenters. The molecule has 0 fully saturated rings. The van der Waals surface area contributed by atoms with Crippen LogP contribution in [0.15, 0.2) is 47.6 Å². The van der Waals surface area contributed by atoms with Crippen LogP contribution in [0.3, 0.4) is 0 Å². The van der Waals surface area contributed by atoms with Crippen LogP contribution in [0.1, 0.15) is 23.9 Å². The van der Waals surface area contributed by atoms with Gasteiger partial charge in [-0.1, -0.05) is 23.9 Å². The Morgan fingerprint density at radius 2 is 1.94 bits per heavy atom. The van der Waals surface area contributed by atoms with Crippen molar-refractivity contribution >= 4 is 23.4 Å². The van der Waals surface area contributed by atoms with Gasteiger partial charge in [0, 0.05) is 12.2 Å². The lowest BCUT2D eigenvalue weighted by molar-refractivity contribution is -0.137. The second kappa shape index (κ2) is 10.6. The molecule has 0 aliphatic rings.